The van der Waals surface area contributed by atoms with Crippen LogP contribution in [-0.4, -0.2) is 65.8 Å². The molecule has 2 aromatic carbocycles. The van der Waals surface area contributed by atoms with Crippen molar-refractivity contribution in [2.45, 2.75) is 12.4 Å². The third-order valence-corrected chi connectivity index (χ3v) is 5.28. The molecular formula is C23H27N3O6S. The van der Waals surface area contributed by atoms with Gasteiger partial charge >= 0.3 is 12.1 Å². The number of carbonyl (C=O) groups is 4. The highest BCUT2D eigenvalue weighted by Gasteiger charge is 2.21. The maximum atomic E-state index is 12.2. The molecule has 3 N–H and O–H groups in total. The first-order chi connectivity index (χ1) is 15.9. The van der Waals surface area contributed by atoms with Crippen LogP contribution in [0.1, 0.15) is 11.1 Å². The van der Waals surface area contributed by atoms with Crippen molar-refractivity contribution in [1.82, 2.24) is 15.5 Å². The van der Waals surface area contributed by atoms with Crippen LogP contribution >= 0.6 is 11.8 Å². The first-order valence-electron chi connectivity index (χ1n) is 10.3. The Morgan fingerprint density at radius 1 is 0.848 bits per heavy atom. The fourth-order valence-electron chi connectivity index (χ4n) is 2.66. The summed E-state index contributed by atoms with van der Waals surface area (Å²) >= 11 is 1.68. The third kappa shape index (κ3) is 11.1. The van der Waals surface area contributed by atoms with Crippen LogP contribution in [0, 0.1) is 0 Å². The van der Waals surface area contributed by atoms with E-state index in [1.807, 2.05) is 36.4 Å². The van der Waals surface area contributed by atoms with Gasteiger partial charge in [-0.25, -0.2) is 4.79 Å². The van der Waals surface area contributed by atoms with Crippen LogP contribution in [0.5, 0.6) is 0 Å². The van der Waals surface area contributed by atoms with E-state index in [4.69, 9.17) is 9.84 Å². The number of ether oxygens (including phenoxy) is 1. The van der Waals surface area contributed by atoms with E-state index in [-0.39, 0.29) is 19.1 Å². The van der Waals surface area contributed by atoms with Gasteiger partial charge in [0.25, 0.3) is 0 Å². The molecule has 3 amide bonds. The molecular weight excluding hydrogens is 446 g/mol. The normalized spacial score (nSPS) is 10.2. The molecule has 0 aliphatic carbocycles. The van der Waals surface area contributed by atoms with Gasteiger partial charge in [-0.15, -0.1) is 0 Å². The average Bonchev–Trinajstić information content (AvgIpc) is 2.81. The second-order valence-corrected chi connectivity index (χ2v) is 8.06. The van der Waals surface area contributed by atoms with Crippen LogP contribution in [0.15, 0.2) is 60.7 Å². The summed E-state index contributed by atoms with van der Waals surface area (Å²) in [5.74, 6) is -0.770. The summed E-state index contributed by atoms with van der Waals surface area (Å²) in [5, 5.41) is 14.1. The fraction of sp³-hybridized carbons (Fsp3) is 0.304. The Morgan fingerprint density at radius 3 is 2.12 bits per heavy atom. The minimum Gasteiger partial charge on any atom is -0.480 e. The Labute approximate surface area is 196 Å². The van der Waals surface area contributed by atoms with Crippen LogP contribution in [0.25, 0.3) is 0 Å². The highest BCUT2D eigenvalue weighted by molar-refractivity contribution is 7.98. The molecule has 0 saturated heterocycles. The number of aliphatic carboxylic acids is 1. The zero-order valence-electron chi connectivity index (χ0n) is 18.1. The smallest absolute Gasteiger partial charge is 0.411 e. The summed E-state index contributed by atoms with van der Waals surface area (Å²) in [6.45, 7) is -1.13. The van der Waals surface area contributed by atoms with E-state index >= 15 is 0 Å². The Morgan fingerprint density at radius 2 is 1.48 bits per heavy atom. The van der Waals surface area contributed by atoms with Gasteiger partial charge in [0, 0.05) is 18.1 Å². The number of carbonyl (C=O) groups excluding carboxylic acids is 3. The second kappa shape index (κ2) is 14.5. The van der Waals surface area contributed by atoms with Crippen molar-refractivity contribution < 1.29 is 29.0 Å². The Balaban J connectivity index is 1.66. The maximum absolute atomic E-state index is 12.2. The van der Waals surface area contributed by atoms with Crippen molar-refractivity contribution >= 4 is 35.6 Å². The van der Waals surface area contributed by atoms with Crippen molar-refractivity contribution in [3.63, 3.8) is 0 Å². The van der Waals surface area contributed by atoms with Crippen molar-refractivity contribution in [2.75, 3.05) is 31.9 Å². The van der Waals surface area contributed by atoms with Gasteiger partial charge in [0.1, 0.15) is 19.7 Å². The molecule has 0 aliphatic rings. The Kier molecular flexibility index (Phi) is 11.3. The summed E-state index contributed by atoms with van der Waals surface area (Å²) in [6, 6.07) is 18.8. The molecule has 33 heavy (non-hydrogen) atoms. The zero-order valence-corrected chi connectivity index (χ0v) is 18.9. The summed E-state index contributed by atoms with van der Waals surface area (Å²) < 4.78 is 5.09. The quantitative estimate of drug-likeness (QED) is 0.379. The molecule has 0 aliphatic heterocycles. The fourth-order valence-corrected chi connectivity index (χ4v) is 3.48. The van der Waals surface area contributed by atoms with Crippen molar-refractivity contribution in [2.24, 2.45) is 0 Å². The number of amides is 3. The zero-order chi connectivity index (χ0) is 23.9. The molecule has 2 aromatic rings. The molecule has 0 atom stereocenters. The van der Waals surface area contributed by atoms with Crippen LogP contribution in [0.3, 0.4) is 0 Å². The summed E-state index contributed by atoms with van der Waals surface area (Å²) in [4.78, 5) is 48.0. The van der Waals surface area contributed by atoms with Gasteiger partial charge in [-0.05, 0) is 11.1 Å². The van der Waals surface area contributed by atoms with Gasteiger partial charge in [0.05, 0.1) is 6.54 Å². The van der Waals surface area contributed by atoms with Gasteiger partial charge in [-0.3, -0.25) is 19.3 Å². The number of carboxylic acids is 1. The SMILES string of the molecule is O=C(O)CN(CC(=O)NCC(=O)NCCSCc1ccccc1)C(=O)OCc1ccccc1. The van der Waals surface area contributed by atoms with E-state index in [2.05, 4.69) is 10.6 Å². The topological polar surface area (TPSA) is 125 Å². The van der Waals surface area contributed by atoms with Crippen molar-refractivity contribution in [3.8, 4) is 0 Å². The average molecular weight is 474 g/mol. The monoisotopic (exact) mass is 473 g/mol. The van der Waals surface area contributed by atoms with Gasteiger partial charge in [-0.2, -0.15) is 11.8 Å². The van der Waals surface area contributed by atoms with Gasteiger partial charge in [-0.1, -0.05) is 60.7 Å². The van der Waals surface area contributed by atoms with E-state index < -0.39 is 31.1 Å². The Bertz CT molecular complexity index is 911. The molecule has 0 heterocycles. The molecule has 0 radical (unpaired) electrons. The molecule has 10 heteroatoms. The summed E-state index contributed by atoms with van der Waals surface area (Å²) in [5.41, 5.74) is 1.93. The first kappa shape index (κ1) is 25.7. The summed E-state index contributed by atoms with van der Waals surface area (Å²) in [7, 11) is 0. The van der Waals surface area contributed by atoms with E-state index in [0.717, 1.165) is 16.2 Å². The molecule has 0 aromatic heterocycles. The molecule has 2 rings (SSSR count). The van der Waals surface area contributed by atoms with E-state index in [0.29, 0.717) is 12.3 Å². The lowest BCUT2D eigenvalue weighted by Gasteiger charge is -2.19. The number of carboxylic acid groups (broad SMARTS) is 1. The number of benzene rings is 2. The number of hydrogen-bond donors (Lipinski definition) is 3. The van der Waals surface area contributed by atoms with Crippen LogP contribution < -0.4 is 10.6 Å². The standard InChI is InChI=1S/C23H27N3O6S/c27-20(24-11-12-33-17-19-9-5-2-6-10-19)13-25-21(28)14-26(15-22(29)30)23(31)32-16-18-7-3-1-4-8-18/h1-10H,11-17H2,(H,24,27)(H,25,28)(H,29,30). The van der Waals surface area contributed by atoms with Gasteiger partial charge < -0.3 is 20.5 Å². The van der Waals surface area contributed by atoms with Crippen LogP contribution in [0.4, 0.5) is 4.79 Å². The maximum Gasteiger partial charge on any atom is 0.411 e. The second-order valence-electron chi connectivity index (χ2n) is 6.95. The molecule has 176 valence electrons. The molecule has 0 spiro atoms. The van der Waals surface area contributed by atoms with E-state index in [9.17, 15) is 19.2 Å². The number of rotatable bonds is 13. The molecule has 0 unspecified atom stereocenters. The lowest BCUT2D eigenvalue weighted by atomic mass is 10.2. The lowest BCUT2D eigenvalue weighted by Crippen LogP contribution is -2.45. The van der Waals surface area contributed by atoms with E-state index in [1.54, 1.807) is 36.0 Å². The van der Waals surface area contributed by atoms with Crippen molar-refractivity contribution in [1.29, 1.82) is 0 Å². The third-order valence-electron chi connectivity index (χ3n) is 4.25. The first-order valence-corrected chi connectivity index (χ1v) is 11.4. The minimum atomic E-state index is -1.29. The van der Waals surface area contributed by atoms with Crippen molar-refractivity contribution in [3.05, 3.63) is 71.8 Å². The Hall–Kier alpha value is -3.53. The van der Waals surface area contributed by atoms with Crippen LogP contribution in [-0.2, 0) is 31.5 Å². The lowest BCUT2D eigenvalue weighted by molar-refractivity contribution is -0.138. The molecule has 0 fully saturated rings. The van der Waals surface area contributed by atoms with Gasteiger partial charge in [0.15, 0.2) is 0 Å². The highest BCUT2D eigenvalue weighted by atomic mass is 32.2. The molecule has 0 bridgehead atoms. The predicted octanol–water partition coefficient (Wildman–Crippen LogP) is 1.88. The number of nitrogens with zero attached hydrogens (tertiary/aromatic N) is 1. The molecule has 9 nitrogen and oxygen atoms in total. The summed E-state index contributed by atoms with van der Waals surface area (Å²) in [6.07, 6.45) is -0.934. The minimum absolute atomic E-state index is 0.0535. The predicted molar refractivity (Wildman–Crippen MR) is 124 cm³/mol. The van der Waals surface area contributed by atoms with E-state index in [1.165, 1.54) is 5.56 Å². The molecule has 0 saturated carbocycles. The number of nitrogens with one attached hydrogen (secondary N) is 2. The van der Waals surface area contributed by atoms with Gasteiger partial charge in [0.2, 0.25) is 11.8 Å². The van der Waals surface area contributed by atoms with Crippen LogP contribution in [0.2, 0.25) is 0 Å². The number of thioether (sulfide) groups is 1. The largest absolute Gasteiger partial charge is 0.480 e. The number of hydrogen-bond acceptors (Lipinski definition) is 6. The highest BCUT2D eigenvalue weighted by Crippen LogP contribution is 2.10.